The summed E-state index contributed by atoms with van der Waals surface area (Å²) in [6.07, 6.45) is 1.50. The van der Waals surface area contributed by atoms with Gasteiger partial charge in [-0.2, -0.15) is 13.2 Å². The number of hydrogen-bond acceptors (Lipinski definition) is 6. The van der Waals surface area contributed by atoms with Crippen molar-refractivity contribution in [1.82, 2.24) is 19.8 Å². The SMILES string of the molecule is CON1C=C2C=NC3=C(N(CCC(F)(F)F)C=C(C)C3N3CCC3)N2C1. The number of fused-ring (bicyclic) bond motifs is 2. The third-order valence-electron chi connectivity index (χ3n) is 5.14. The Morgan fingerprint density at radius 2 is 2.04 bits per heavy atom. The molecule has 0 aromatic rings. The van der Waals surface area contributed by atoms with E-state index in [9.17, 15) is 13.2 Å². The minimum absolute atomic E-state index is 0.0234. The number of hydrogen-bond donors (Lipinski definition) is 0. The number of allylic oxidation sites excluding steroid dienone is 1. The van der Waals surface area contributed by atoms with Crippen molar-refractivity contribution in [3.8, 4) is 0 Å². The van der Waals surface area contributed by atoms with Crippen LogP contribution in [0.1, 0.15) is 19.8 Å². The van der Waals surface area contributed by atoms with Crippen LogP contribution in [-0.2, 0) is 4.84 Å². The van der Waals surface area contributed by atoms with E-state index in [1.54, 1.807) is 29.5 Å². The van der Waals surface area contributed by atoms with Crippen molar-refractivity contribution in [3.05, 3.63) is 35.2 Å². The van der Waals surface area contributed by atoms with Crippen molar-refractivity contribution in [2.24, 2.45) is 4.99 Å². The molecule has 0 N–H and O–H groups in total. The molecule has 0 spiro atoms. The molecule has 4 heterocycles. The summed E-state index contributed by atoms with van der Waals surface area (Å²) in [5, 5.41) is 1.64. The first kappa shape index (κ1) is 17.4. The molecule has 1 saturated heterocycles. The third kappa shape index (κ3) is 2.99. The molecule has 4 aliphatic heterocycles. The van der Waals surface area contributed by atoms with E-state index in [1.165, 1.54) is 0 Å². The average molecular weight is 369 g/mol. The average Bonchev–Trinajstić information content (AvgIpc) is 2.96. The molecule has 9 heteroatoms. The van der Waals surface area contributed by atoms with Crippen molar-refractivity contribution in [2.45, 2.75) is 32.0 Å². The number of rotatable bonds is 4. The summed E-state index contributed by atoms with van der Waals surface area (Å²) >= 11 is 0. The van der Waals surface area contributed by atoms with E-state index < -0.39 is 12.6 Å². The molecule has 6 nitrogen and oxygen atoms in total. The van der Waals surface area contributed by atoms with Gasteiger partial charge in [0, 0.05) is 25.8 Å². The number of hydroxylamine groups is 2. The van der Waals surface area contributed by atoms with Gasteiger partial charge in [0.1, 0.15) is 18.2 Å². The lowest BCUT2D eigenvalue weighted by atomic mass is 9.96. The van der Waals surface area contributed by atoms with E-state index in [0.29, 0.717) is 6.67 Å². The Morgan fingerprint density at radius 1 is 1.27 bits per heavy atom. The Kier molecular flexibility index (Phi) is 4.23. The predicted octanol–water partition coefficient (Wildman–Crippen LogP) is 2.46. The summed E-state index contributed by atoms with van der Waals surface area (Å²) in [5.41, 5.74) is 2.66. The normalized spacial score (nSPS) is 25.9. The van der Waals surface area contributed by atoms with Gasteiger partial charge in [-0.3, -0.25) is 14.7 Å². The third-order valence-corrected chi connectivity index (χ3v) is 5.14. The smallest absolute Gasteiger partial charge is 0.332 e. The molecule has 1 atom stereocenters. The van der Waals surface area contributed by atoms with Crippen LogP contribution in [0, 0.1) is 0 Å². The lowest BCUT2D eigenvalue weighted by molar-refractivity contribution is -0.136. The summed E-state index contributed by atoms with van der Waals surface area (Å²) < 4.78 is 38.5. The Hall–Kier alpha value is -2.00. The number of alkyl halides is 3. The molecule has 26 heavy (non-hydrogen) atoms. The van der Waals surface area contributed by atoms with Crippen molar-refractivity contribution in [2.75, 3.05) is 33.4 Å². The second kappa shape index (κ2) is 6.31. The van der Waals surface area contributed by atoms with Gasteiger partial charge in [-0.15, -0.1) is 0 Å². The van der Waals surface area contributed by atoms with E-state index in [2.05, 4.69) is 9.89 Å². The first-order valence-electron chi connectivity index (χ1n) is 8.71. The van der Waals surface area contributed by atoms with Crippen LogP contribution in [0.25, 0.3) is 0 Å². The maximum Gasteiger partial charge on any atom is 0.390 e. The van der Waals surface area contributed by atoms with Gasteiger partial charge >= 0.3 is 6.18 Å². The van der Waals surface area contributed by atoms with Gasteiger partial charge in [-0.05, 0) is 18.9 Å². The quantitative estimate of drug-likeness (QED) is 0.761. The Balaban J connectivity index is 1.69. The standard InChI is InChI=1S/C17H22F3N5O/c1-12-9-23(7-4-17(18,19)20)16-14(15(12)22-5-3-6-22)21-8-13-10-24(26-2)11-25(13)16/h8-10,15H,3-7,11H2,1-2H3. The summed E-state index contributed by atoms with van der Waals surface area (Å²) in [6.45, 7) is 4.24. The summed E-state index contributed by atoms with van der Waals surface area (Å²) in [7, 11) is 1.57. The lowest BCUT2D eigenvalue weighted by Gasteiger charge is -2.46. The minimum Gasteiger partial charge on any atom is -0.332 e. The van der Waals surface area contributed by atoms with Crippen LogP contribution >= 0.6 is 0 Å². The fourth-order valence-corrected chi connectivity index (χ4v) is 3.78. The van der Waals surface area contributed by atoms with Crippen molar-refractivity contribution >= 4 is 6.21 Å². The highest BCUT2D eigenvalue weighted by Gasteiger charge is 2.41. The molecule has 0 aliphatic carbocycles. The van der Waals surface area contributed by atoms with Gasteiger partial charge in [0.05, 0.1) is 37.7 Å². The molecule has 0 bridgehead atoms. The van der Waals surface area contributed by atoms with Gasteiger partial charge in [0.15, 0.2) is 0 Å². The molecular formula is C17H22F3N5O. The maximum atomic E-state index is 12.8. The van der Waals surface area contributed by atoms with Crippen LogP contribution in [0.2, 0.25) is 0 Å². The Labute approximate surface area is 150 Å². The van der Waals surface area contributed by atoms with Gasteiger partial charge in [0.2, 0.25) is 0 Å². The molecule has 0 saturated carbocycles. The van der Waals surface area contributed by atoms with E-state index in [-0.39, 0.29) is 12.6 Å². The largest absolute Gasteiger partial charge is 0.390 e. The van der Waals surface area contributed by atoms with Crippen LogP contribution in [0.3, 0.4) is 0 Å². The van der Waals surface area contributed by atoms with Crippen LogP contribution in [0.4, 0.5) is 13.2 Å². The van der Waals surface area contributed by atoms with Gasteiger partial charge in [-0.1, -0.05) is 0 Å². The Bertz CT molecular complexity index is 708. The van der Waals surface area contributed by atoms with Crippen molar-refractivity contribution < 1.29 is 18.0 Å². The summed E-state index contributed by atoms with van der Waals surface area (Å²) in [4.78, 5) is 15.9. The van der Waals surface area contributed by atoms with E-state index in [4.69, 9.17) is 4.84 Å². The fraction of sp³-hybridized carbons (Fsp3) is 0.588. The van der Waals surface area contributed by atoms with E-state index in [1.807, 2.05) is 18.0 Å². The summed E-state index contributed by atoms with van der Waals surface area (Å²) in [5.74, 6) is 0.727. The zero-order valence-corrected chi connectivity index (χ0v) is 14.8. The topological polar surface area (TPSA) is 34.6 Å². The first-order valence-corrected chi connectivity index (χ1v) is 8.71. The highest BCUT2D eigenvalue weighted by atomic mass is 19.4. The number of halogens is 3. The van der Waals surface area contributed by atoms with Crippen LogP contribution in [0.5, 0.6) is 0 Å². The number of likely N-dealkylation sites (tertiary alicyclic amines) is 1. The monoisotopic (exact) mass is 369 g/mol. The van der Waals surface area contributed by atoms with Gasteiger partial charge < -0.3 is 9.80 Å². The maximum absolute atomic E-state index is 12.8. The molecule has 1 fully saturated rings. The molecular weight excluding hydrogens is 347 g/mol. The summed E-state index contributed by atoms with van der Waals surface area (Å²) in [6, 6.07) is 0.0234. The first-order chi connectivity index (χ1) is 12.4. The zero-order valence-electron chi connectivity index (χ0n) is 14.8. The molecule has 0 amide bonds. The van der Waals surface area contributed by atoms with Gasteiger partial charge in [0.25, 0.3) is 0 Å². The minimum atomic E-state index is -4.20. The predicted molar refractivity (Wildman–Crippen MR) is 90.3 cm³/mol. The Morgan fingerprint density at radius 3 is 2.65 bits per heavy atom. The van der Waals surface area contributed by atoms with Crippen LogP contribution in [0.15, 0.2) is 40.2 Å². The van der Waals surface area contributed by atoms with Crippen molar-refractivity contribution in [1.29, 1.82) is 0 Å². The van der Waals surface area contributed by atoms with E-state index >= 15 is 0 Å². The lowest BCUT2D eigenvalue weighted by Crippen LogP contribution is -2.51. The second-order valence-corrected chi connectivity index (χ2v) is 6.91. The second-order valence-electron chi connectivity index (χ2n) is 6.91. The molecule has 4 rings (SSSR count). The molecule has 0 radical (unpaired) electrons. The van der Waals surface area contributed by atoms with Crippen LogP contribution in [-0.4, -0.2) is 71.6 Å². The molecule has 0 aromatic carbocycles. The van der Waals surface area contributed by atoms with E-state index in [0.717, 1.165) is 42.3 Å². The zero-order chi connectivity index (χ0) is 18.5. The molecule has 1 unspecified atom stereocenters. The number of aliphatic imine (C=N–C) groups is 1. The molecule has 142 valence electrons. The fourth-order valence-electron chi connectivity index (χ4n) is 3.78. The molecule has 0 aromatic heterocycles. The number of nitrogens with zero attached hydrogens (tertiary/aromatic N) is 5. The van der Waals surface area contributed by atoms with Gasteiger partial charge in [-0.25, -0.2) is 5.06 Å². The molecule has 4 aliphatic rings. The highest BCUT2D eigenvalue weighted by Crippen LogP contribution is 2.39. The van der Waals surface area contributed by atoms with Crippen LogP contribution < -0.4 is 0 Å². The van der Waals surface area contributed by atoms with Crippen molar-refractivity contribution in [3.63, 3.8) is 0 Å². The highest BCUT2D eigenvalue weighted by molar-refractivity contribution is 5.81.